The molecule has 1 aliphatic rings. The molecule has 0 unspecified atom stereocenters. The first-order valence-electron chi connectivity index (χ1n) is 5.63. The molecule has 1 radical (unpaired) electrons. The average molecular weight is 177 g/mol. The van der Waals surface area contributed by atoms with E-state index in [9.17, 15) is 0 Å². The van der Waals surface area contributed by atoms with Crippen LogP contribution in [0.2, 0.25) is 0 Å². The highest BCUT2D eigenvalue weighted by molar-refractivity contribution is 4.99. The highest BCUT2D eigenvalue weighted by atomic mass is 14.0. The summed E-state index contributed by atoms with van der Waals surface area (Å²) in [6.45, 7) is 0. The van der Waals surface area contributed by atoms with Crippen molar-refractivity contribution in [2.45, 2.75) is 51.4 Å². The van der Waals surface area contributed by atoms with E-state index in [1.54, 1.807) is 0 Å². The number of hydrogen-bond acceptors (Lipinski definition) is 0. The number of hydrogen-bond donors (Lipinski definition) is 0. The lowest BCUT2D eigenvalue weighted by atomic mass is 10.1. The zero-order valence-corrected chi connectivity index (χ0v) is 8.54. The number of allylic oxidation sites excluding steroid dienone is 4. The molecule has 0 aromatic heterocycles. The van der Waals surface area contributed by atoms with Crippen molar-refractivity contribution in [3.05, 3.63) is 30.7 Å². The fourth-order valence-electron chi connectivity index (χ4n) is 1.62. The molecule has 0 spiro atoms. The monoisotopic (exact) mass is 177 g/mol. The van der Waals surface area contributed by atoms with Gasteiger partial charge in [0, 0.05) is 0 Å². The van der Waals surface area contributed by atoms with Gasteiger partial charge in [-0.3, -0.25) is 0 Å². The molecule has 13 heavy (non-hydrogen) atoms. The molecule has 0 N–H and O–H groups in total. The second-order valence-electron chi connectivity index (χ2n) is 3.72. The Hall–Kier alpha value is -0.520. The summed E-state index contributed by atoms with van der Waals surface area (Å²) in [5.41, 5.74) is 0. The summed E-state index contributed by atoms with van der Waals surface area (Å²) in [4.78, 5) is 0. The Labute approximate surface area is 82.7 Å². The van der Waals surface area contributed by atoms with Gasteiger partial charge in [0.05, 0.1) is 0 Å². The third-order valence-corrected chi connectivity index (χ3v) is 2.45. The van der Waals surface area contributed by atoms with Crippen LogP contribution < -0.4 is 0 Å². The molecule has 0 aliphatic heterocycles. The van der Waals surface area contributed by atoms with Gasteiger partial charge in [0.2, 0.25) is 0 Å². The van der Waals surface area contributed by atoms with Gasteiger partial charge in [0.1, 0.15) is 0 Å². The van der Waals surface area contributed by atoms with Crippen molar-refractivity contribution in [1.82, 2.24) is 0 Å². The van der Waals surface area contributed by atoms with Crippen LogP contribution in [-0.2, 0) is 0 Å². The predicted octanol–water partition coefficient (Wildman–Crippen LogP) is 4.44. The molecular formula is C13H21. The summed E-state index contributed by atoms with van der Waals surface area (Å²) in [5.74, 6) is 0. The van der Waals surface area contributed by atoms with Crippen LogP contribution in [0.4, 0.5) is 0 Å². The second kappa shape index (κ2) is 8.10. The average Bonchev–Trinajstić information content (AvgIpc) is 2.18. The Morgan fingerprint density at radius 3 is 2.15 bits per heavy atom. The fourth-order valence-corrected chi connectivity index (χ4v) is 1.62. The Kier molecular flexibility index (Phi) is 6.58. The highest BCUT2D eigenvalue weighted by Gasteiger charge is 1.89. The SMILES string of the molecule is [CH]1/C=C/CCCCCCC/C=C/C1. The molecule has 0 fully saturated rings. The molecule has 73 valence electrons. The van der Waals surface area contributed by atoms with E-state index in [0.29, 0.717) is 0 Å². The molecule has 0 atom stereocenters. The fraction of sp³-hybridized carbons (Fsp3) is 0.615. The van der Waals surface area contributed by atoms with Gasteiger partial charge in [-0.1, -0.05) is 43.6 Å². The Bertz CT molecular complexity index is 135. The normalized spacial score (nSPS) is 26.5. The van der Waals surface area contributed by atoms with Crippen LogP contribution in [0.3, 0.4) is 0 Å². The summed E-state index contributed by atoms with van der Waals surface area (Å²) >= 11 is 0. The Morgan fingerprint density at radius 1 is 0.615 bits per heavy atom. The Morgan fingerprint density at radius 2 is 1.31 bits per heavy atom. The molecule has 1 rings (SSSR count). The number of rotatable bonds is 0. The zero-order valence-electron chi connectivity index (χ0n) is 8.54. The summed E-state index contributed by atoms with van der Waals surface area (Å²) in [6, 6.07) is 0. The minimum absolute atomic E-state index is 1.11. The summed E-state index contributed by atoms with van der Waals surface area (Å²) < 4.78 is 0. The van der Waals surface area contributed by atoms with Gasteiger partial charge in [0.25, 0.3) is 0 Å². The van der Waals surface area contributed by atoms with Crippen molar-refractivity contribution < 1.29 is 0 Å². The summed E-state index contributed by atoms with van der Waals surface area (Å²) in [7, 11) is 0. The second-order valence-corrected chi connectivity index (χ2v) is 3.72. The van der Waals surface area contributed by atoms with Crippen LogP contribution in [-0.4, -0.2) is 0 Å². The van der Waals surface area contributed by atoms with E-state index < -0.39 is 0 Å². The van der Waals surface area contributed by atoms with Crippen molar-refractivity contribution in [2.24, 2.45) is 0 Å². The van der Waals surface area contributed by atoms with Gasteiger partial charge in [-0.15, -0.1) is 0 Å². The zero-order chi connectivity index (χ0) is 9.19. The van der Waals surface area contributed by atoms with Gasteiger partial charge in [0.15, 0.2) is 0 Å². The first kappa shape index (κ1) is 10.6. The lowest BCUT2D eigenvalue weighted by Gasteiger charge is -1.97. The van der Waals surface area contributed by atoms with Gasteiger partial charge < -0.3 is 0 Å². The van der Waals surface area contributed by atoms with Gasteiger partial charge >= 0.3 is 0 Å². The van der Waals surface area contributed by atoms with E-state index >= 15 is 0 Å². The van der Waals surface area contributed by atoms with Crippen molar-refractivity contribution in [1.29, 1.82) is 0 Å². The maximum atomic E-state index is 2.32. The minimum Gasteiger partial charge on any atom is -0.0885 e. The predicted molar refractivity (Wildman–Crippen MR) is 59.5 cm³/mol. The molecule has 0 aromatic carbocycles. The Balaban J connectivity index is 2.18. The standard InChI is InChI=1S/C13H21/c1-2-4-6-8-10-12-13-11-9-7-5-3-1/h1-3,6,8H,4-5,7,9-13H2/b3-1+,8-6+. The first-order chi connectivity index (χ1) is 6.50. The third-order valence-electron chi connectivity index (χ3n) is 2.45. The molecule has 0 amide bonds. The van der Waals surface area contributed by atoms with E-state index in [4.69, 9.17) is 0 Å². The van der Waals surface area contributed by atoms with Crippen molar-refractivity contribution >= 4 is 0 Å². The molecule has 0 heterocycles. The van der Waals surface area contributed by atoms with E-state index in [2.05, 4.69) is 30.7 Å². The van der Waals surface area contributed by atoms with Crippen LogP contribution in [0.25, 0.3) is 0 Å². The van der Waals surface area contributed by atoms with Gasteiger partial charge in [-0.05, 0) is 38.5 Å². The minimum atomic E-state index is 1.11. The molecule has 1 aliphatic carbocycles. The van der Waals surface area contributed by atoms with E-state index in [1.807, 2.05) is 0 Å². The summed E-state index contributed by atoms with van der Waals surface area (Å²) in [6.07, 6.45) is 22.0. The quantitative estimate of drug-likeness (QED) is 0.480. The maximum Gasteiger partial charge on any atom is -0.0133 e. The third kappa shape index (κ3) is 6.62. The van der Waals surface area contributed by atoms with Crippen LogP contribution in [0.15, 0.2) is 24.3 Å². The lowest BCUT2D eigenvalue weighted by molar-refractivity contribution is 0.622. The largest absolute Gasteiger partial charge is 0.0885 e. The van der Waals surface area contributed by atoms with E-state index in [1.165, 1.54) is 44.9 Å². The summed E-state index contributed by atoms with van der Waals surface area (Å²) in [5, 5.41) is 0. The smallest absolute Gasteiger partial charge is 0.0133 e. The molecule has 0 nitrogen and oxygen atoms in total. The van der Waals surface area contributed by atoms with E-state index in [0.717, 1.165) is 6.42 Å². The van der Waals surface area contributed by atoms with Crippen molar-refractivity contribution in [2.75, 3.05) is 0 Å². The van der Waals surface area contributed by atoms with Crippen LogP contribution in [0.1, 0.15) is 51.4 Å². The molecule has 0 aromatic rings. The van der Waals surface area contributed by atoms with Crippen molar-refractivity contribution in [3.63, 3.8) is 0 Å². The van der Waals surface area contributed by atoms with Gasteiger partial charge in [-0.2, -0.15) is 0 Å². The van der Waals surface area contributed by atoms with Crippen LogP contribution in [0, 0.1) is 6.42 Å². The molecular weight excluding hydrogens is 156 g/mol. The first-order valence-corrected chi connectivity index (χ1v) is 5.63. The van der Waals surface area contributed by atoms with Crippen molar-refractivity contribution in [3.8, 4) is 0 Å². The molecule has 0 bridgehead atoms. The highest BCUT2D eigenvalue weighted by Crippen LogP contribution is 2.09. The molecule has 0 heteroatoms. The molecule has 0 saturated heterocycles. The van der Waals surface area contributed by atoms with E-state index in [-0.39, 0.29) is 0 Å². The van der Waals surface area contributed by atoms with Gasteiger partial charge in [-0.25, -0.2) is 0 Å². The van der Waals surface area contributed by atoms with Crippen LogP contribution in [0.5, 0.6) is 0 Å². The van der Waals surface area contributed by atoms with Crippen LogP contribution >= 0.6 is 0 Å². The lowest BCUT2D eigenvalue weighted by Crippen LogP contribution is -1.77. The molecule has 0 saturated carbocycles. The maximum absolute atomic E-state index is 2.32. The topological polar surface area (TPSA) is 0 Å².